The van der Waals surface area contributed by atoms with Crippen molar-refractivity contribution in [2.75, 3.05) is 13.6 Å². The summed E-state index contributed by atoms with van der Waals surface area (Å²) in [6.07, 6.45) is 1.83. The molecule has 15 heavy (non-hydrogen) atoms. The SMILES string of the molecule is CNCCC(C)Cc1ccc(F)c(F)c1. The first-order valence-electron chi connectivity index (χ1n) is 5.22. The van der Waals surface area contributed by atoms with Crippen molar-refractivity contribution in [3.05, 3.63) is 35.4 Å². The van der Waals surface area contributed by atoms with Crippen molar-refractivity contribution < 1.29 is 8.78 Å². The van der Waals surface area contributed by atoms with E-state index in [0.29, 0.717) is 5.92 Å². The van der Waals surface area contributed by atoms with Crippen LogP contribution in [0.3, 0.4) is 0 Å². The van der Waals surface area contributed by atoms with Crippen molar-refractivity contribution in [1.29, 1.82) is 0 Å². The molecule has 0 aliphatic carbocycles. The molecular weight excluding hydrogens is 196 g/mol. The molecule has 0 fully saturated rings. The molecule has 84 valence electrons. The fourth-order valence-electron chi connectivity index (χ4n) is 1.56. The largest absolute Gasteiger partial charge is 0.320 e. The Morgan fingerprint density at radius 2 is 2.00 bits per heavy atom. The second-order valence-corrected chi connectivity index (χ2v) is 3.95. The molecule has 3 heteroatoms. The lowest BCUT2D eigenvalue weighted by atomic mass is 9.98. The summed E-state index contributed by atoms with van der Waals surface area (Å²) in [6, 6.07) is 4.12. The van der Waals surface area contributed by atoms with Gasteiger partial charge in [-0.1, -0.05) is 13.0 Å². The minimum Gasteiger partial charge on any atom is -0.320 e. The van der Waals surface area contributed by atoms with E-state index < -0.39 is 11.6 Å². The zero-order chi connectivity index (χ0) is 11.3. The highest BCUT2D eigenvalue weighted by molar-refractivity contribution is 5.18. The monoisotopic (exact) mass is 213 g/mol. The van der Waals surface area contributed by atoms with Gasteiger partial charge < -0.3 is 5.32 Å². The highest BCUT2D eigenvalue weighted by atomic mass is 19.2. The third-order valence-electron chi connectivity index (χ3n) is 2.46. The van der Waals surface area contributed by atoms with Crippen LogP contribution in [0.25, 0.3) is 0 Å². The number of halogens is 2. The van der Waals surface area contributed by atoms with E-state index in [1.54, 1.807) is 6.07 Å². The van der Waals surface area contributed by atoms with Crippen molar-refractivity contribution in [2.24, 2.45) is 5.92 Å². The van der Waals surface area contributed by atoms with E-state index in [4.69, 9.17) is 0 Å². The van der Waals surface area contributed by atoms with Gasteiger partial charge in [0.05, 0.1) is 0 Å². The van der Waals surface area contributed by atoms with Gasteiger partial charge in [0.25, 0.3) is 0 Å². The molecule has 0 aliphatic heterocycles. The second-order valence-electron chi connectivity index (χ2n) is 3.95. The Kier molecular flexibility index (Phi) is 4.69. The lowest BCUT2D eigenvalue weighted by Gasteiger charge is -2.11. The van der Waals surface area contributed by atoms with Gasteiger partial charge in [0, 0.05) is 0 Å². The fraction of sp³-hybridized carbons (Fsp3) is 0.500. The molecule has 0 saturated carbocycles. The number of benzene rings is 1. The molecule has 1 atom stereocenters. The summed E-state index contributed by atoms with van der Waals surface area (Å²) in [5.74, 6) is -1.06. The van der Waals surface area contributed by atoms with E-state index in [2.05, 4.69) is 12.2 Å². The number of nitrogens with one attached hydrogen (secondary N) is 1. The van der Waals surface area contributed by atoms with E-state index >= 15 is 0 Å². The molecule has 1 rings (SSSR count). The Morgan fingerprint density at radius 3 is 2.60 bits per heavy atom. The topological polar surface area (TPSA) is 12.0 Å². The molecular formula is C12H17F2N. The van der Waals surface area contributed by atoms with Gasteiger partial charge in [0.15, 0.2) is 11.6 Å². The van der Waals surface area contributed by atoms with Crippen LogP contribution in [-0.2, 0) is 6.42 Å². The third-order valence-corrected chi connectivity index (χ3v) is 2.46. The molecule has 0 aliphatic rings. The smallest absolute Gasteiger partial charge is 0.159 e. The van der Waals surface area contributed by atoms with Crippen LogP contribution in [-0.4, -0.2) is 13.6 Å². The zero-order valence-electron chi connectivity index (χ0n) is 9.19. The number of rotatable bonds is 5. The second kappa shape index (κ2) is 5.81. The van der Waals surface area contributed by atoms with Gasteiger partial charge in [-0.3, -0.25) is 0 Å². The van der Waals surface area contributed by atoms with Crippen molar-refractivity contribution >= 4 is 0 Å². The summed E-state index contributed by atoms with van der Waals surface area (Å²) in [7, 11) is 1.91. The summed E-state index contributed by atoms with van der Waals surface area (Å²) >= 11 is 0. The van der Waals surface area contributed by atoms with Crippen LogP contribution in [0, 0.1) is 17.6 Å². The van der Waals surface area contributed by atoms with Crippen LogP contribution < -0.4 is 5.32 Å². The minimum atomic E-state index is -0.776. The summed E-state index contributed by atoms with van der Waals surface area (Å²) in [6.45, 7) is 3.06. The lowest BCUT2D eigenvalue weighted by molar-refractivity contribution is 0.495. The highest BCUT2D eigenvalue weighted by Gasteiger charge is 2.06. The Balaban J connectivity index is 2.53. The molecule has 0 aromatic heterocycles. The zero-order valence-corrected chi connectivity index (χ0v) is 9.19. The first-order chi connectivity index (χ1) is 7.13. The van der Waals surface area contributed by atoms with Crippen LogP contribution in [0.2, 0.25) is 0 Å². The predicted octanol–water partition coefficient (Wildman–Crippen LogP) is 2.75. The van der Waals surface area contributed by atoms with Gasteiger partial charge >= 0.3 is 0 Å². The molecule has 1 aromatic carbocycles. The first-order valence-corrected chi connectivity index (χ1v) is 5.22. The van der Waals surface area contributed by atoms with Crippen molar-refractivity contribution in [1.82, 2.24) is 5.32 Å². The third kappa shape index (κ3) is 3.96. The minimum absolute atomic E-state index is 0.474. The van der Waals surface area contributed by atoms with Gasteiger partial charge in [-0.05, 0) is 50.0 Å². The molecule has 1 aromatic rings. The Bertz CT molecular complexity index is 312. The van der Waals surface area contributed by atoms with Crippen molar-refractivity contribution in [3.8, 4) is 0 Å². The summed E-state index contributed by atoms with van der Waals surface area (Å²) in [5.41, 5.74) is 0.859. The van der Waals surface area contributed by atoms with E-state index in [-0.39, 0.29) is 0 Å². The maximum atomic E-state index is 12.9. The molecule has 1 nitrogen and oxygen atoms in total. The van der Waals surface area contributed by atoms with Gasteiger partial charge in [-0.25, -0.2) is 8.78 Å². The van der Waals surface area contributed by atoms with Crippen LogP contribution >= 0.6 is 0 Å². The molecule has 0 radical (unpaired) electrons. The van der Waals surface area contributed by atoms with Crippen LogP contribution in [0.5, 0.6) is 0 Å². The highest BCUT2D eigenvalue weighted by Crippen LogP contribution is 2.14. The number of hydrogen-bond acceptors (Lipinski definition) is 1. The molecule has 0 bridgehead atoms. The normalized spacial score (nSPS) is 12.8. The van der Waals surface area contributed by atoms with Gasteiger partial charge in [0.1, 0.15) is 0 Å². The summed E-state index contributed by atoms with van der Waals surface area (Å²) in [4.78, 5) is 0. The molecule has 0 saturated heterocycles. The maximum absolute atomic E-state index is 12.9. The molecule has 0 heterocycles. The Morgan fingerprint density at radius 1 is 1.27 bits per heavy atom. The van der Waals surface area contributed by atoms with Crippen molar-refractivity contribution in [3.63, 3.8) is 0 Å². The summed E-state index contributed by atoms with van der Waals surface area (Å²) in [5, 5.41) is 3.07. The summed E-state index contributed by atoms with van der Waals surface area (Å²) < 4.78 is 25.5. The van der Waals surface area contributed by atoms with E-state index in [1.807, 2.05) is 7.05 Å². The maximum Gasteiger partial charge on any atom is 0.159 e. The Labute approximate surface area is 89.5 Å². The average Bonchev–Trinajstić information content (AvgIpc) is 2.20. The van der Waals surface area contributed by atoms with Gasteiger partial charge in [-0.15, -0.1) is 0 Å². The van der Waals surface area contributed by atoms with Gasteiger partial charge in [-0.2, -0.15) is 0 Å². The molecule has 0 amide bonds. The predicted molar refractivity (Wildman–Crippen MR) is 57.8 cm³/mol. The first kappa shape index (κ1) is 12.1. The van der Waals surface area contributed by atoms with E-state index in [9.17, 15) is 8.78 Å². The molecule has 1 unspecified atom stereocenters. The lowest BCUT2D eigenvalue weighted by Crippen LogP contribution is -2.12. The van der Waals surface area contributed by atoms with Crippen LogP contribution in [0.15, 0.2) is 18.2 Å². The van der Waals surface area contributed by atoms with Crippen LogP contribution in [0.4, 0.5) is 8.78 Å². The van der Waals surface area contributed by atoms with Crippen molar-refractivity contribution in [2.45, 2.75) is 19.8 Å². The average molecular weight is 213 g/mol. The van der Waals surface area contributed by atoms with E-state index in [0.717, 1.165) is 24.9 Å². The standard InChI is InChI=1S/C12H17F2N/c1-9(5-6-15-2)7-10-3-4-11(13)12(14)8-10/h3-4,8-9,15H,5-7H2,1-2H3. The van der Waals surface area contributed by atoms with E-state index in [1.165, 1.54) is 12.1 Å². The fourth-order valence-corrected chi connectivity index (χ4v) is 1.56. The Hall–Kier alpha value is -0.960. The molecule has 0 spiro atoms. The molecule has 1 N–H and O–H groups in total. The van der Waals surface area contributed by atoms with Gasteiger partial charge in [0.2, 0.25) is 0 Å². The number of hydrogen-bond donors (Lipinski definition) is 1. The quantitative estimate of drug-likeness (QED) is 0.793. The van der Waals surface area contributed by atoms with Crippen LogP contribution in [0.1, 0.15) is 18.9 Å².